The molecule has 0 aromatic carbocycles. The van der Waals surface area contributed by atoms with Crippen LogP contribution in [0.2, 0.25) is 0 Å². The molecule has 4 heteroatoms. The van der Waals surface area contributed by atoms with Crippen molar-refractivity contribution in [3.63, 3.8) is 0 Å². The Hall–Kier alpha value is -1.45. The third-order valence-corrected chi connectivity index (χ3v) is 4.96. The molecule has 2 aliphatic rings. The van der Waals surface area contributed by atoms with Gasteiger partial charge in [-0.15, -0.1) is 0 Å². The molecule has 1 aromatic heterocycles. The van der Waals surface area contributed by atoms with Crippen molar-refractivity contribution in [2.24, 2.45) is 5.92 Å². The molecule has 0 N–H and O–H groups in total. The van der Waals surface area contributed by atoms with Crippen LogP contribution in [0.5, 0.6) is 0 Å². The lowest BCUT2D eigenvalue weighted by atomic mass is 9.83. The molecule has 0 spiro atoms. The molecule has 2 saturated carbocycles. The van der Waals surface area contributed by atoms with E-state index in [9.17, 15) is 4.79 Å². The van der Waals surface area contributed by atoms with Crippen molar-refractivity contribution in [1.29, 1.82) is 0 Å². The molecule has 1 heterocycles. The summed E-state index contributed by atoms with van der Waals surface area (Å²) in [4.78, 5) is 23.4. The zero-order chi connectivity index (χ0) is 14.8. The number of amides is 1. The Kier molecular flexibility index (Phi) is 4.22. The molecule has 0 radical (unpaired) electrons. The lowest BCUT2D eigenvalue weighted by Crippen LogP contribution is -2.44. The lowest BCUT2D eigenvalue weighted by molar-refractivity contribution is 0.0580. The number of nitrogens with zero attached hydrogens (tertiary/aromatic N) is 3. The summed E-state index contributed by atoms with van der Waals surface area (Å²) in [6.07, 6.45) is 11.7. The van der Waals surface area contributed by atoms with Gasteiger partial charge in [0.15, 0.2) is 0 Å². The van der Waals surface area contributed by atoms with Crippen LogP contribution in [0.4, 0.5) is 0 Å². The quantitative estimate of drug-likeness (QED) is 0.853. The highest BCUT2D eigenvalue weighted by Crippen LogP contribution is 2.36. The molecular formula is C17H25N3O. The third kappa shape index (κ3) is 3.25. The Labute approximate surface area is 127 Å². The fraction of sp³-hybridized carbons (Fsp3) is 0.706. The first kappa shape index (κ1) is 14.5. The number of hydrogen-bond acceptors (Lipinski definition) is 3. The number of aromatic nitrogens is 2. The molecule has 0 saturated heterocycles. The highest BCUT2D eigenvalue weighted by Gasteiger charge is 2.39. The smallest absolute Gasteiger partial charge is 0.274 e. The minimum atomic E-state index is 0.0879. The molecule has 1 aromatic rings. The van der Waals surface area contributed by atoms with E-state index in [0.717, 1.165) is 37.3 Å². The van der Waals surface area contributed by atoms with E-state index in [4.69, 9.17) is 0 Å². The topological polar surface area (TPSA) is 46.1 Å². The molecule has 0 unspecified atom stereocenters. The SMILES string of the molecule is CCC1CCC(N(C(=O)c2cnc(C)cn2)C2CC2)CC1. The van der Waals surface area contributed by atoms with Crippen molar-refractivity contribution in [2.45, 2.75) is 70.9 Å². The molecule has 114 valence electrons. The van der Waals surface area contributed by atoms with Crippen molar-refractivity contribution in [3.05, 3.63) is 23.8 Å². The van der Waals surface area contributed by atoms with Crippen molar-refractivity contribution < 1.29 is 4.79 Å². The Morgan fingerprint density at radius 2 is 1.71 bits per heavy atom. The van der Waals surface area contributed by atoms with E-state index in [0.29, 0.717) is 17.8 Å². The van der Waals surface area contributed by atoms with Crippen molar-refractivity contribution in [1.82, 2.24) is 14.9 Å². The number of hydrogen-bond donors (Lipinski definition) is 0. The first-order chi connectivity index (χ1) is 10.2. The highest BCUT2D eigenvalue weighted by atomic mass is 16.2. The zero-order valence-electron chi connectivity index (χ0n) is 13.1. The maximum atomic E-state index is 12.8. The van der Waals surface area contributed by atoms with Crippen LogP contribution in [-0.4, -0.2) is 32.9 Å². The van der Waals surface area contributed by atoms with Gasteiger partial charge >= 0.3 is 0 Å². The normalized spacial score (nSPS) is 25.6. The second-order valence-corrected chi connectivity index (χ2v) is 6.57. The van der Waals surface area contributed by atoms with Crippen LogP contribution >= 0.6 is 0 Å². The van der Waals surface area contributed by atoms with Crippen molar-refractivity contribution in [3.8, 4) is 0 Å². The van der Waals surface area contributed by atoms with Gasteiger partial charge in [-0.05, 0) is 51.4 Å². The van der Waals surface area contributed by atoms with E-state index in [-0.39, 0.29) is 5.91 Å². The minimum Gasteiger partial charge on any atom is -0.331 e. The first-order valence-corrected chi connectivity index (χ1v) is 8.30. The van der Waals surface area contributed by atoms with Crippen LogP contribution in [0.25, 0.3) is 0 Å². The van der Waals surface area contributed by atoms with Crippen LogP contribution in [0.1, 0.15) is 68.1 Å². The number of carbonyl (C=O) groups excluding carboxylic acids is 1. The lowest BCUT2D eigenvalue weighted by Gasteiger charge is -2.37. The summed E-state index contributed by atoms with van der Waals surface area (Å²) < 4.78 is 0. The summed E-state index contributed by atoms with van der Waals surface area (Å²) in [5.41, 5.74) is 1.36. The maximum absolute atomic E-state index is 12.8. The summed E-state index contributed by atoms with van der Waals surface area (Å²) in [6.45, 7) is 4.17. The van der Waals surface area contributed by atoms with E-state index in [2.05, 4.69) is 21.8 Å². The Morgan fingerprint density at radius 1 is 1.10 bits per heavy atom. The maximum Gasteiger partial charge on any atom is 0.274 e. The fourth-order valence-electron chi connectivity index (χ4n) is 3.45. The largest absolute Gasteiger partial charge is 0.331 e. The summed E-state index contributed by atoms with van der Waals surface area (Å²) in [7, 11) is 0. The van der Waals surface area contributed by atoms with E-state index in [1.54, 1.807) is 12.4 Å². The third-order valence-electron chi connectivity index (χ3n) is 4.96. The molecular weight excluding hydrogens is 262 g/mol. The molecule has 1 amide bonds. The monoisotopic (exact) mass is 287 g/mol. The zero-order valence-corrected chi connectivity index (χ0v) is 13.1. The summed E-state index contributed by atoms with van der Waals surface area (Å²) in [5, 5.41) is 0. The summed E-state index contributed by atoms with van der Waals surface area (Å²) in [5.74, 6) is 0.946. The predicted octanol–water partition coefficient (Wildman–Crippen LogP) is 3.36. The van der Waals surface area contributed by atoms with Gasteiger partial charge in [-0.2, -0.15) is 0 Å². The van der Waals surface area contributed by atoms with Gasteiger partial charge in [0.25, 0.3) is 5.91 Å². The molecule has 21 heavy (non-hydrogen) atoms. The van der Waals surface area contributed by atoms with Gasteiger partial charge in [-0.3, -0.25) is 9.78 Å². The first-order valence-electron chi connectivity index (χ1n) is 8.30. The number of aryl methyl sites for hydroxylation is 1. The van der Waals surface area contributed by atoms with Gasteiger partial charge in [0.05, 0.1) is 11.9 Å². The van der Waals surface area contributed by atoms with Crippen LogP contribution in [-0.2, 0) is 0 Å². The van der Waals surface area contributed by atoms with Gasteiger partial charge < -0.3 is 4.90 Å². The standard InChI is InChI=1S/C17H25N3O/c1-3-13-4-6-14(7-5-13)20(15-8-9-15)17(21)16-11-18-12(2)10-19-16/h10-11,13-15H,3-9H2,1-2H3. The van der Waals surface area contributed by atoms with E-state index >= 15 is 0 Å². The summed E-state index contributed by atoms with van der Waals surface area (Å²) in [6, 6.07) is 0.861. The molecule has 3 rings (SSSR count). The van der Waals surface area contributed by atoms with Crippen LogP contribution in [0.3, 0.4) is 0 Å². The van der Waals surface area contributed by atoms with E-state index in [1.807, 2.05) is 6.92 Å². The van der Waals surface area contributed by atoms with Gasteiger partial charge in [-0.25, -0.2) is 4.98 Å². The fourth-order valence-corrected chi connectivity index (χ4v) is 3.45. The molecule has 2 fully saturated rings. The average Bonchev–Trinajstić information content (AvgIpc) is 3.33. The molecule has 0 bridgehead atoms. The van der Waals surface area contributed by atoms with Crippen molar-refractivity contribution >= 4 is 5.91 Å². The highest BCUT2D eigenvalue weighted by molar-refractivity contribution is 5.92. The molecule has 0 aliphatic heterocycles. The predicted molar refractivity (Wildman–Crippen MR) is 82.0 cm³/mol. The van der Waals surface area contributed by atoms with E-state index in [1.165, 1.54) is 19.3 Å². The summed E-state index contributed by atoms with van der Waals surface area (Å²) >= 11 is 0. The van der Waals surface area contributed by atoms with Crippen LogP contribution in [0.15, 0.2) is 12.4 Å². The van der Waals surface area contributed by atoms with Crippen LogP contribution in [0, 0.1) is 12.8 Å². The van der Waals surface area contributed by atoms with Gasteiger partial charge in [0.1, 0.15) is 5.69 Å². The minimum absolute atomic E-state index is 0.0879. The molecule has 2 aliphatic carbocycles. The Balaban J connectivity index is 1.72. The Bertz CT molecular complexity index is 487. The van der Waals surface area contributed by atoms with E-state index < -0.39 is 0 Å². The van der Waals surface area contributed by atoms with Crippen molar-refractivity contribution in [2.75, 3.05) is 0 Å². The second-order valence-electron chi connectivity index (χ2n) is 6.57. The molecule has 0 atom stereocenters. The number of rotatable bonds is 4. The second kappa shape index (κ2) is 6.12. The van der Waals surface area contributed by atoms with Gasteiger partial charge in [0, 0.05) is 18.3 Å². The average molecular weight is 287 g/mol. The van der Waals surface area contributed by atoms with Gasteiger partial charge in [-0.1, -0.05) is 13.3 Å². The molecule has 4 nitrogen and oxygen atoms in total. The Morgan fingerprint density at radius 3 is 2.19 bits per heavy atom. The number of carbonyl (C=O) groups is 1. The van der Waals surface area contributed by atoms with Crippen LogP contribution < -0.4 is 0 Å². The van der Waals surface area contributed by atoms with Gasteiger partial charge in [0.2, 0.25) is 0 Å².